The Kier molecular flexibility index (Phi) is 11.4. The van der Waals surface area contributed by atoms with E-state index >= 15 is 0 Å². The van der Waals surface area contributed by atoms with E-state index in [0.717, 1.165) is 41.8 Å². The first kappa shape index (κ1) is 33.4. The number of amides is 2. The summed E-state index contributed by atoms with van der Waals surface area (Å²) in [6.07, 6.45) is 5.03. The van der Waals surface area contributed by atoms with Crippen LogP contribution >= 0.6 is 23.2 Å². The summed E-state index contributed by atoms with van der Waals surface area (Å²) in [7, 11) is -1.04. The SMILES string of the molecule is COc1ccc(N(CC(=O)N(Cc2ccc(Cl)c(Cl)c2)[C@H](Cc2ccccc2)C(=O)NC2CCCC2)S(C)(=O)=O)cc1OC. The van der Waals surface area contributed by atoms with Crippen LogP contribution in [0.5, 0.6) is 11.5 Å². The van der Waals surface area contributed by atoms with Gasteiger partial charge in [0.05, 0.1) is 36.2 Å². The van der Waals surface area contributed by atoms with Gasteiger partial charge in [-0.3, -0.25) is 13.9 Å². The van der Waals surface area contributed by atoms with Gasteiger partial charge in [0.2, 0.25) is 21.8 Å². The molecule has 2 amide bonds. The number of benzene rings is 3. The lowest BCUT2D eigenvalue weighted by Gasteiger charge is -2.34. The molecule has 1 N–H and O–H groups in total. The molecule has 0 saturated heterocycles. The zero-order valence-electron chi connectivity index (χ0n) is 25.0. The second-order valence-corrected chi connectivity index (χ2v) is 13.5. The minimum atomic E-state index is -3.95. The topological polar surface area (TPSA) is 105 Å². The van der Waals surface area contributed by atoms with E-state index in [1.807, 2.05) is 30.3 Å². The molecule has 1 aliphatic carbocycles. The second kappa shape index (κ2) is 15.0. The zero-order chi connectivity index (χ0) is 31.9. The number of carbonyl (C=O) groups excluding carboxylic acids is 2. The van der Waals surface area contributed by atoms with Gasteiger partial charge in [-0.25, -0.2) is 8.42 Å². The van der Waals surface area contributed by atoms with Gasteiger partial charge in [-0.05, 0) is 48.2 Å². The van der Waals surface area contributed by atoms with Gasteiger partial charge in [0.15, 0.2) is 11.5 Å². The first-order chi connectivity index (χ1) is 21.0. The van der Waals surface area contributed by atoms with E-state index in [1.54, 1.807) is 24.3 Å². The summed E-state index contributed by atoms with van der Waals surface area (Å²) in [4.78, 5) is 29.7. The predicted octanol–water partition coefficient (Wildman–Crippen LogP) is 5.48. The Bertz CT molecular complexity index is 1570. The van der Waals surface area contributed by atoms with Gasteiger partial charge in [-0.1, -0.05) is 72.4 Å². The predicted molar refractivity (Wildman–Crippen MR) is 173 cm³/mol. The summed E-state index contributed by atoms with van der Waals surface area (Å²) in [6.45, 7) is -0.563. The van der Waals surface area contributed by atoms with Crippen molar-refractivity contribution in [2.45, 2.75) is 50.7 Å². The lowest BCUT2D eigenvalue weighted by Crippen LogP contribution is -2.54. The number of nitrogens with one attached hydrogen (secondary N) is 1. The quantitative estimate of drug-likeness (QED) is 0.260. The third kappa shape index (κ3) is 8.58. The number of sulfonamides is 1. The average Bonchev–Trinajstić information content (AvgIpc) is 3.52. The number of ether oxygens (including phenoxy) is 2. The number of rotatable bonds is 13. The van der Waals surface area contributed by atoms with Crippen LogP contribution in [0, 0.1) is 0 Å². The summed E-state index contributed by atoms with van der Waals surface area (Å²) in [6, 6.07) is 18.1. The lowest BCUT2D eigenvalue weighted by atomic mass is 10.0. The Morgan fingerprint density at radius 2 is 1.59 bits per heavy atom. The first-order valence-electron chi connectivity index (χ1n) is 14.3. The standard InChI is InChI=1S/C32H37Cl2N3O6S/c1-42-29-16-14-25(19-30(29)43-2)37(44(3,40)41)21-31(38)36(20-23-13-15-26(33)27(34)17-23)28(18-22-9-5-4-6-10-22)32(39)35-24-11-7-8-12-24/h4-6,9-10,13-17,19,24,28H,7-8,11-12,18,20-21H2,1-3H3,(H,35,39)/t28-/m1/s1. The van der Waals surface area contributed by atoms with Crippen LogP contribution in [0.25, 0.3) is 0 Å². The van der Waals surface area contributed by atoms with Crippen molar-refractivity contribution in [2.24, 2.45) is 0 Å². The normalized spacial score (nSPS) is 14.1. The molecule has 0 spiro atoms. The van der Waals surface area contributed by atoms with Crippen molar-refractivity contribution in [1.29, 1.82) is 0 Å². The minimum absolute atomic E-state index is 0.00511. The molecule has 44 heavy (non-hydrogen) atoms. The van der Waals surface area contributed by atoms with Crippen LogP contribution in [0.4, 0.5) is 5.69 Å². The fourth-order valence-electron chi connectivity index (χ4n) is 5.35. The average molecular weight is 663 g/mol. The molecule has 1 atom stereocenters. The van der Waals surface area contributed by atoms with Gasteiger partial charge in [0.25, 0.3) is 0 Å². The maximum atomic E-state index is 14.3. The third-order valence-corrected chi connectivity index (χ3v) is 9.52. The molecule has 9 nitrogen and oxygen atoms in total. The Balaban J connectivity index is 1.75. The number of halogens is 2. The minimum Gasteiger partial charge on any atom is -0.493 e. The number of nitrogens with zero attached hydrogens (tertiary/aromatic N) is 2. The third-order valence-electron chi connectivity index (χ3n) is 7.64. The van der Waals surface area contributed by atoms with E-state index < -0.39 is 28.5 Å². The molecule has 3 aromatic carbocycles. The molecule has 236 valence electrons. The smallest absolute Gasteiger partial charge is 0.244 e. The van der Waals surface area contributed by atoms with Gasteiger partial charge in [-0.2, -0.15) is 0 Å². The van der Waals surface area contributed by atoms with Crippen molar-refractivity contribution < 1.29 is 27.5 Å². The van der Waals surface area contributed by atoms with Crippen LogP contribution in [-0.4, -0.2) is 64.2 Å². The van der Waals surface area contributed by atoms with Crippen LogP contribution in [0.2, 0.25) is 10.0 Å². The van der Waals surface area contributed by atoms with Crippen molar-refractivity contribution in [3.63, 3.8) is 0 Å². The van der Waals surface area contributed by atoms with Crippen LogP contribution in [-0.2, 0) is 32.6 Å². The van der Waals surface area contributed by atoms with E-state index in [4.69, 9.17) is 32.7 Å². The monoisotopic (exact) mass is 661 g/mol. The molecule has 0 aliphatic heterocycles. The van der Waals surface area contributed by atoms with Crippen molar-refractivity contribution in [1.82, 2.24) is 10.2 Å². The maximum absolute atomic E-state index is 14.3. The van der Waals surface area contributed by atoms with E-state index in [2.05, 4.69) is 5.32 Å². The molecule has 4 rings (SSSR count). The molecule has 0 bridgehead atoms. The van der Waals surface area contributed by atoms with E-state index in [-0.39, 0.29) is 30.6 Å². The lowest BCUT2D eigenvalue weighted by molar-refractivity contribution is -0.140. The molecule has 0 radical (unpaired) electrons. The Morgan fingerprint density at radius 3 is 2.20 bits per heavy atom. The highest BCUT2D eigenvalue weighted by molar-refractivity contribution is 7.92. The highest BCUT2D eigenvalue weighted by Crippen LogP contribution is 2.33. The Morgan fingerprint density at radius 1 is 0.909 bits per heavy atom. The molecular formula is C32H37Cl2N3O6S. The van der Waals surface area contributed by atoms with Crippen LogP contribution in [0.1, 0.15) is 36.8 Å². The molecule has 12 heteroatoms. The van der Waals surface area contributed by atoms with Gasteiger partial charge >= 0.3 is 0 Å². The van der Waals surface area contributed by atoms with Gasteiger partial charge in [-0.15, -0.1) is 0 Å². The zero-order valence-corrected chi connectivity index (χ0v) is 27.3. The van der Waals surface area contributed by atoms with Crippen LogP contribution < -0.4 is 19.1 Å². The highest BCUT2D eigenvalue weighted by Gasteiger charge is 2.34. The van der Waals surface area contributed by atoms with Crippen LogP contribution in [0.3, 0.4) is 0 Å². The number of hydrogen-bond donors (Lipinski definition) is 1. The van der Waals surface area contributed by atoms with Gasteiger partial charge in [0, 0.05) is 25.1 Å². The number of anilines is 1. The van der Waals surface area contributed by atoms with Gasteiger partial charge in [0.1, 0.15) is 12.6 Å². The first-order valence-corrected chi connectivity index (χ1v) is 16.9. The number of carbonyl (C=O) groups is 2. The largest absolute Gasteiger partial charge is 0.493 e. The Labute approximate surface area is 269 Å². The molecule has 1 fully saturated rings. The molecule has 0 aromatic heterocycles. The maximum Gasteiger partial charge on any atom is 0.244 e. The number of hydrogen-bond acceptors (Lipinski definition) is 6. The highest BCUT2D eigenvalue weighted by atomic mass is 35.5. The van der Waals surface area contributed by atoms with E-state index in [0.29, 0.717) is 27.1 Å². The fourth-order valence-corrected chi connectivity index (χ4v) is 6.51. The molecule has 0 unspecified atom stereocenters. The molecule has 1 aliphatic rings. The summed E-state index contributed by atoms with van der Waals surface area (Å²) < 4.78 is 37.8. The molecule has 1 saturated carbocycles. The Hall–Kier alpha value is -3.47. The summed E-state index contributed by atoms with van der Waals surface area (Å²) >= 11 is 12.5. The molecule has 3 aromatic rings. The van der Waals surface area contributed by atoms with Crippen molar-refractivity contribution >= 4 is 50.7 Å². The van der Waals surface area contributed by atoms with E-state index in [1.165, 1.54) is 31.3 Å². The van der Waals surface area contributed by atoms with Crippen molar-refractivity contribution in [2.75, 3.05) is 31.3 Å². The van der Waals surface area contributed by atoms with E-state index in [9.17, 15) is 18.0 Å². The molecular weight excluding hydrogens is 625 g/mol. The number of methoxy groups -OCH3 is 2. The van der Waals surface area contributed by atoms with Gasteiger partial charge < -0.3 is 19.7 Å². The molecule has 0 heterocycles. The fraction of sp³-hybridized carbons (Fsp3) is 0.375. The summed E-state index contributed by atoms with van der Waals surface area (Å²) in [5.74, 6) is -0.162. The van der Waals surface area contributed by atoms with Crippen molar-refractivity contribution in [3.05, 3.63) is 87.9 Å². The second-order valence-electron chi connectivity index (χ2n) is 10.8. The van der Waals surface area contributed by atoms with Crippen LogP contribution in [0.15, 0.2) is 66.7 Å². The van der Waals surface area contributed by atoms with Crippen molar-refractivity contribution in [3.8, 4) is 11.5 Å². The summed E-state index contributed by atoms with van der Waals surface area (Å²) in [5, 5.41) is 3.79. The summed E-state index contributed by atoms with van der Waals surface area (Å²) in [5.41, 5.74) is 1.70.